The molecule has 1 aromatic rings. The number of phenolic OH excluding ortho intramolecular Hbond substituents is 1. The van der Waals surface area contributed by atoms with E-state index in [1.165, 1.54) is 0 Å². The molecule has 1 rings (SSSR count). The van der Waals surface area contributed by atoms with Gasteiger partial charge in [0.1, 0.15) is 5.75 Å². The number of hydrogen-bond acceptors (Lipinski definition) is 2. The van der Waals surface area contributed by atoms with Crippen LogP contribution in [0.5, 0.6) is 5.75 Å². The van der Waals surface area contributed by atoms with Crippen LogP contribution in [0.2, 0.25) is 0 Å². The molecule has 0 atom stereocenters. The molecule has 0 aliphatic rings. The van der Waals surface area contributed by atoms with Crippen LogP contribution in [0, 0.1) is 0 Å². The van der Waals surface area contributed by atoms with E-state index in [4.69, 9.17) is 0 Å². The van der Waals surface area contributed by atoms with Gasteiger partial charge in [-0.2, -0.15) is 0 Å². The molecule has 0 amide bonds. The molecule has 2 nitrogen and oxygen atoms in total. The van der Waals surface area contributed by atoms with Gasteiger partial charge < -0.3 is 10.4 Å². The molecule has 0 fully saturated rings. The van der Waals surface area contributed by atoms with E-state index in [0.29, 0.717) is 16.8 Å². The SMILES string of the molecule is CC(C)(C)NCc1cc(Br)cc(Br)c1O. The van der Waals surface area contributed by atoms with Crippen molar-refractivity contribution in [3.05, 3.63) is 26.6 Å². The minimum atomic E-state index is 0.0429. The third-order valence-corrected chi connectivity index (χ3v) is 2.98. The van der Waals surface area contributed by atoms with E-state index in [2.05, 4.69) is 57.9 Å². The molecule has 84 valence electrons. The van der Waals surface area contributed by atoms with Crippen LogP contribution in [0.1, 0.15) is 26.3 Å². The van der Waals surface area contributed by atoms with Crippen molar-refractivity contribution in [2.75, 3.05) is 0 Å². The Labute approximate surface area is 107 Å². The zero-order chi connectivity index (χ0) is 11.6. The van der Waals surface area contributed by atoms with Crippen LogP contribution in [0.15, 0.2) is 21.1 Å². The van der Waals surface area contributed by atoms with Crippen LogP contribution in [0.3, 0.4) is 0 Å². The van der Waals surface area contributed by atoms with E-state index in [1.54, 1.807) is 0 Å². The highest BCUT2D eigenvalue weighted by atomic mass is 79.9. The summed E-state index contributed by atoms with van der Waals surface area (Å²) in [7, 11) is 0. The molecular formula is C11H15Br2NO. The predicted octanol–water partition coefficient (Wildman–Crippen LogP) is 3.81. The number of benzene rings is 1. The fourth-order valence-corrected chi connectivity index (χ4v) is 2.43. The number of rotatable bonds is 2. The molecular weight excluding hydrogens is 322 g/mol. The third-order valence-electron chi connectivity index (χ3n) is 1.92. The number of aromatic hydroxyl groups is 1. The molecule has 1 aromatic carbocycles. The van der Waals surface area contributed by atoms with Crippen molar-refractivity contribution in [2.24, 2.45) is 0 Å². The van der Waals surface area contributed by atoms with Crippen molar-refractivity contribution in [1.29, 1.82) is 0 Å². The lowest BCUT2D eigenvalue weighted by molar-refractivity contribution is 0.411. The third kappa shape index (κ3) is 4.13. The largest absolute Gasteiger partial charge is 0.506 e. The van der Waals surface area contributed by atoms with Crippen LogP contribution >= 0.6 is 31.9 Å². The Morgan fingerprint density at radius 3 is 2.40 bits per heavy atom. The molecule has 0 aromatic heterocycles. The molecule has 0 heterocycles. The smallest absolute Gasteiger partial charge is 0.134 e. The van der Waals surface area contributed by atoms with Gasteiger partial charge in [0.05, 0.1) is 4.47 Å². The zero-order valence-electron chi connectivity index (χ0n) is 9.06. The summed E-state index contributed by atoms with van der Waals surface area (Å²) < 4.78 is 1.67. The molecule has 0 aliphatic heterocycles. The lowest BCUT2D eigenvalue weighted by Gasteiger charge is -2.21. The minimum absolute atomic E-state index is 0.0429. The molecule has 0 saturated carbocycles. The number of phenols is 1. The summed E-state index contributed by atoms with van der Waals surface area (Å²) >= 11 is 6.71. The molecule has 0 unspecified atom stereocenters. The van der Waals surface area contributed by atoms with Crippen molar-refractivity contribution in [1.82, 2.24) is 5.32 Å². The first kappa shape index (κ1) is 13.0. The maximum atomic E-state index is 9.81. The van der Waals surface area contributed by atoms with Gasteiger partial charge in [0, 0.05) is 22.1 Å². The quantitative estimate of drug-likeness (QED) is 0.860. The van der Waals surface area contributed by atoms with Crippen molar-refractivity contribution in [3.63, 3.8) is 0 Å². The summed E-state index contributed by atoms with van der Waals surface area (Å²) in [6.45, 7) is 6.93. The molecule has 0 aliphatic carbocycles. The Morgan fingerprint density at radius 2 is 1.87 bits per heavy atom. The maximum Gasteiger partial charge on any atom is 0.134 e. The van der Waals surface area contributed by atoms with Crippen LogP contribution < -0.4 is 5.32 Å². The number of nitrogens with one attached hydrogen (secondary N) is 1. The van der Waals surface area contributed by atoms with Gasteiger partial charge in [-0.25, -0.2) is 0 Å². The summed E-state index contributed by atoms with van der Waals surface area (Å²) in [5.74, 6) is 0.301. The highest BCUT2D eigenvalue weighted by molar-refractivity contribution is 9.11. The van der Waals surface area contributed by atoms with Crippen molar-refractivity contribution < 1.29 is 5.11 Å². The monoisotopic (exact) mass is 335 g/mol. The maximum absolute atomic E-state index is 9.81. The summed E-state index contributed by atoms with van der Waals surface area (Å²) in [6, 6.07) is 3.74. The average molecular weight is 337 g/mol. The Hall–Kier alpha value is -0.0600. The van der Waals surface area contributed by atoms with Gasteiger partial charge in [0.15, 0.2) is 0 Å². The first-order valence-corrected chi connectivity index (χ1v) is 6.30. The van der Waals surface area contributed by atoms with Crippen molar-refractivity contribution >= 4 is 31.9 Å². The standard InChI is InChI=1S/C11H15Br2NO/c1-11(2,3)14-6-7-4-8(12)5-9(13)10(7)15/h4-5,14-15H,6H2,1-3H3. The van der Waals surface area contributed by atoms with Gasteiger partial charge in [-0.3, -0.25) is 0 Å². The molecule has 2 N–H and O–H groups in total. The Morgan fingerprint density at radius 1 is 1.27 bits per heavy atom. The second-order valence-electron chi connectivity index (χ2n) is 4.50. The van der Waals surface area contributed by atoms with E-state index in [0.717, 1.165) is 10.0 Å². The van der Waals surface area contributed by atoms with Gasteiger partial charge in [-0.05, 0) is 48.8 Å². The van der Waals surface area contributed by atoms with Gasteiger partial charge in [-0.1, -0.05) is 15.9 Å². The summed E-state index contributed by atoms with van der Waals surface area (Å²) in [5.41, 5.74) is 0.924. The van der Waals surface area contributed by atoms with Crippen LogP contribution in [-0.2, 0) is 6.54 Å². The van der Waals surface area contributed by atoms with Crippen LogP contribution in [-0.4, -0.2) is 10.6 Å². The summed E-state index contributed by atoms with van der Waals surface area (Å²) in [6.07, 6.45) is 0. The summed E-state index contributed by atoms with van der Waals surface area (Å²) in [5, 5.41) is 13.1. The fourth-order valence-electron chi connectivity index (χ4n) is 1.11. The molecule has 15 heavy (non-hydrogen) atoms. The lowest BCUT2D eigenvalue weighted by atomic mass is 10.1. The molecule has 0 spiro atoms. The topological polar surface area (TPSA) is 32.3 Å². The van der Waals surface area contributed by atoms with Crippen molar-refractivity contribution in [2.45, 2.75) is 32.9 Å². The van der Waals surface area contributed by atoms with Crippen molar-refractivity contribution in [3.8, 4) is 5.75 Å². The molecule has 0 radical (unpaired) electrons. The van der Waals surface area contributed by atoms with Gasteiger partial charge in [0.2, 0.25) is 0 Å². The Bertz CT molecular complexity index is 358. The van der Waals surface area contributed by atoms with Crippen LogP contribution in [0.25, 0.3) is 0 Å². The number of halogens is 2. The highest BCUT2D eigenvalue weighted by Gasteiger charge is 2.12. The second-order valence-corrected chi connectivity index (χ2v) is 6.27. The molecule has 0 bridgehead atoms. The van der Waals surface area contributed by atoms with E-state index in [1.807, 2.05) is 12.1 Å². The number of hydrogen-bond donors (Lipinski definition) is 2. The highest BCUT2D eigenvalue weighted by Crippen LogP contribution is 2.31. The summed E-state index contributed by atoms with van der Waals surface area (Å²) in [4.78, 5) is 0. The van der Waals surface area contributed by atoms with Crippen LogP contribution in [0.4, 0.5) is 0 Å². The Kier molecular flexibility index (Phi) is 4.20. The van der Waals surface area contributed by atoms with E-state index >= 15 is 0 Å². The molecule has 4 heteroatoms. The second kappa shape index (κ2) is 4.85. The minimum Gasteiger partial charge on any atom is -0.506 e. The average Bonchev–Trinajstić information content (AvgIpc) is 2.07. The molecule has 0 saturated heterocycles. The van der Waals surface area contributed by atoms with E-state index in [9.17, 15) is 5.11 Å². The van der Waals surface area contributed by atoms with E-state index < -0.39 is 0 Å². The Balaban J connectivity index is 2.86. The first-order chi connectivity index (χ1) is 6.79. The first-order valence-electron chi connectivity index (χ1n) is 4.71. The van der Waals surface area contributed by atoms with E-state index in [-0.39, 0.29) is 5.54 Å². The predicted molar refractivity (Wildman–Crippen MR) is 70.1 cm³/mol. The van der Waals surface area contributed by atoms with Gasteiger partial charge in [0.25, 0.3) is 0 Å². The normalized spacial score (nSPS) is 11.8. The van der Waals surface area contributed by atoms with Gasteiger partial charge >= 0.3 is 0 Å². The van der Waals surface area contributed by atoms with Gasteiger partial charge in [-0.15, -0.1) is 0 Å². The lowest BCUT2D eigenvalue weighted by Crippen LogP contribution is -2.35. The zero-order valence-corrected chi connectivity index (χ0v) is 12.2. The fraction of sp³-hybridized carbons (Fsp3) is 0.455.